The van der Waals surface area contributed by atoms with Crippen molar-refractivity contribution in [2.75, 3.05) is 7.11 Å². The van der Waals surface area contributed by atoms with Gasteiger partial charge in [-0.05, 0) is 49.6 Å². The average molecular weight is 512 g/mol. The molecule has 198 valence electrons. The fourth-order valence-electron chi connectivity index (χ4n) is 4.21. The first kappa shape index (κ1) is 28.6. The highest BCUT2D eigenvalue weighted by molar-refractivity contribution is 5.99. The monoisotopic (exact) mass is 511 g/mol. The number of nitriles is 1. The van der Waals surface area contributed by atoms with Gasteiger partial charge >= 0.3 is 0 Å². The Morgan fingerprint density at radius 1 is 1.21 bits per heavy atom. The summed E-state index contributed by atoms with van der Waals surface area (Å²) in [5, 5.41) is 9.55. The van der Waals surface area contributed by atoms with Crippen LogP contribution in [-0.2, 0) is 11.2 Å². The number of benzene rings is 2. The van der Waals surface area contributed by atoms with Crippen molar-refractivity contribution in [3.05, 3.63) is 83.1 Å². The van der Waals surface area contributed by atoms with Crippen LogP contribution in [0.3, 0.4) is 0 Å². The maximum Gasteiger partial charge on any atom is 0.173 e. The third kappa shape index (κ3) is 7.52. The Hall–Kier alpha value is -3.98. The molecule has 3 rings (SSSR count). The van der Waals surface area contributed by atoms with Crippen LogP contribution in [0.2, 0.25) is 0 Å². The van der Waals surface area contributed by atoms with Crippen LogP contribution >= 0.6 is 0 Å². The van der Waals surface area contributed by atoms with E-state index in [4.69, 9.17) is 14.5 Å². The number of hydrogen-bond acceptors (Lipinski definition) is 6. The smallest absolute Gasteiger partial charge is 0.173 e. The van der Waals surface area contributed by atoms with Gasteiger partial charge in [0.05, 0.1) is 24.5 Å². The predicted molar refractivity (Wildman–Crippen MR) is 154 cm³/mol. The van der Waals surface area contributed by atoms with Crippen molar-refractivity contribution in [2.24, 2.45) is 21.3 Å². The van der Waals surface area contributed by atoms with E-state index >= 15 is 0 Å². The number of carbonyl (C=O) groups excluding carboxylic acids is 1. The minimum atomic E-state index is -0.243. The summed E-state index contributed by atoms with van der Waals surface area (Å²) in [5.41, 5.74) is 5.74. The Balaban J connectivity index is 1.78. The second-order valence-corrected chi connectivity index (χ2v) is 10.8. The molecule has 38 heavy (non-hydrogen) atoms. The van der Waals surface area contributed by atoms with Crippen LogP contribution in [0.25, 0.3) is 5.70 Å². The summed E-state index contributed by atoms with van der Waals surface area (Å²) in [4.78, 5) is 22.4. The summed E-state index contributed by atoms with van der Waals surface area (Å²) in [6.45, 7) is 14.4. The van der Waals surface area contributed by atoms with E-state index in [1.807, 2.05) is 13.8 Å². The van der Waals surface area contributed by atoms with E-state index in [1.165, 1.54) is 19.2 Å². The van der Waals surface area contributed by atoms with Crippen molar-refractivity contribution in [1.82, 2.24) is 0 Å². The summed E-state index contributed by atoms with van der Waals surface area (Å²) in [7, 11) is 1.52. The van der Waals surface area contributed by atoms with E-state index in [0.717, 1.165) is 23.2 Å². The number of allylic oxidation sites excluding steroid dienone is 2. The van der Waals surface area contributed by atoms with Gasteiger partial charge < -0.3 is 9.47 Å². The van der Waals surface area contributed by atoms with Crippen LogP contribution in [0.5, 0.6) is 5.75 Å². The molecule has 1 aliphatic rings. The van der Waals surface area contributed by atoms with E-state index in [0.29, 0.717) is 29.0 Å². The van der Waals surface area contributed by atoms with Crippen molar-refractivity contribution in [2.45, 2.75) is 60.0 Å². The van der Waals surface area contributed by atoms with Gasteiger partial charge in [-0.3, -0.25) is 9.79 Å². The average Bonchev–Trinajstić information content (AvgIpc) is 3.38. The van der Waals surface area contributed by atoms with E-state index in [1.54, 1.807) is 18.2 Å². The van der Waals surface area contributed by atoms with Crippen molar-refractivity contribution < 1.29 is 14.3 Å². The van der Waals surface area contributed by atoms with Gasteiger partial charge in [0.25, 0.3) is 0 Å². The van der Waals surface area contributed by atoms with Gasteiger partial charge in [-0.15, -0.1) is 0 Å². The molecule has 0 aromatic heterocycles. The highest BCUT2D eigenvalue weighted by atomic mass is 16.5. The van der Waals surface area contributed by atoms with E-state index in [-0.39, 0.29) is 29.6 Å². The molecule has 6 nitrogen and oxygen atoms in total. The molecule has 2 aromatic rings. The summed E-state index contributed by atoms with van der Waals surface area (Å²) >= 11 is 0. The number of rotatable bonds is 11. The molecule has 0 bridgehead atoms. The molecule has 1 atom stereocenters. The topological polar surface area (TPSA) is 84.0 Å². The lowest BCUT2D eigenvalue weighted by Crippen LogP contribution is -2.17. The fraction of sp³-hybridized carbons (Fsp3) is 0.375. The summed E-state index contributed by atoms with van der Waals surface area (Å²) < 4.78 is 10.7. The van der Waals surface area contributed by atoms with Crippen LogP contribution < -0.4 is 4.74 Å². The highest BCUT2D eigenvalue weighted by Gasteiger charge is 2.23. The maximum atomic E-state index is 13.3. The number of hydrogen-bond donors (Lipinski definition) is 0. The lowest BCUT2D eigenvalue weighted by molar-refractivity contribution is 0.0967. The van der Waals surface area contributed by atoms with Gasteiger partial charge in [0.2, 0.25) is 0 Å². The minimum Gasteiger partial charge on any atom is -0.490 e. The number of methoxy groups -OCH3 is 1. The first-order valence-electron chi connectivity index (χ1n) is 12.9. The molecule has 0 N–H and O–H groups in total. The van der Waals surface area contributed by atoms with Gasteiger partial charge in [0.1, 0.15) is 11.8 Å². The maximum absolute atomic E-state index is 13.3. The third-order valence-corrected chi connectivity index (χ3v) is 6.35. The Kier molecular flexibility index (Phi) is 9.41. The Bertz CT molecular complexity index is 1300. The van der Waals surface area contributed by atoms with Crippen molar-refractivity contribution in [3.63, 3.8) is 0 Å². The zero-order chi connectivity index (χ0) is 27.9. The van der Waals surface area contributed by atoms with E-state index < -0.39 is 0 Å². The number of Topliss-reactive ketones (excluding diaryl/α,β-unsaturated/α-hetero) is 1. The number of carbonyl (C=O) groups is 1. The lowest BCUT2D eigenvalue weighted by atomic mass is 9.89. The molecular weight excluding hydrogens is 474 g/mol. The molecule has 0 radical (unpaired) electrons. The van der Waals surface area contributed by atoms with Gasteiger partial charge in [-0.25, -0.2) is 4.99 Å². The largest absolute Gasteiger partial charge is 0.490 e. The zero-order valence-electron chi connectivity index (χ0n) is 23.2. The van der Waals surface area contributed by atoms with Crippen molar-refractivity contribution in [3.8, 4) is 11.8 Å². The number of aliphatic imine (C=N–C) groups is 2. The minimum absolute atomic E-state index is 0.0524. The molecule has 1 aliphatic heterocycles. The van der Waals surface area contributed by atoms with Crippen molar-refractivity contribution >= 4 is 23.6 Å². The molecule has 0 saturated carbocycles. The van der Waals surface area contributed by atoms with Crippen LogP contribution in [0, 0.1) is 22.7 Å². The Morgan fingerprint density at radius 3 is 2.50 bits per heavy atom. The molecule has 0 amide bonds. The SMILES string of the molecule is C=C(N=COC)[C@@H](CC(=O)c1ccc(OC(C)C)c(C#N)c1)Cc1ccc(C2=CCC(C(C)(C)C)=N2)cc1. The molecule has 0 spiro atoms. The lowest BCUT2D eigenvalue weighted by Gasteiger charge is -2.18. The molecule has 2 aromatic carbocycles. The molecule has 6 heteroatoms. The first-order valence-corrected chi connectivity index (χ1v) is 12.9. The van der Waals surface area contributed by atoms with Gasteiger partial charge in [-0.1, -0.05) is 57.7 Å². The van der Waals surface area contributed by atoms with Crippen molar-refractivity contribution in [1.29, 1.82) is 5.26 Å². The number of ether oxygens (including phenoxy) is 2. The summed E-state index contributed by atoms with van der Waals surface area (Å²) in [6, 6.07) is 15.4. The van der Waals surface area contributed by atoms with Crippen LogP contribution in [-0.4, -0.2) is 31.1 Å². The second-order valence-electron chi connectivity index (χ2n) is 10.8. The molecule has 0 unspecified atom stereocenters. The Morgan fingerprint density at radius 2 is 1.92 bits per heavy atom. The van der Waals surface area contributed by atoms with E-state index in [2.05, 4.69) is 68.8 Å². The third-order valence-electron chi connectivity index (χ3n) is 6.35. The normalized spacial score (nSPS) is 14.2. The summed E-state index contributed by atoms with van der Waals surface area (Å²) in [5.74, 6) is 0.141. The van der Waals surface area contributed by atoms with Crippen LogP contribution in [0.15, 0.2) is 70.8 Å². The number of nitrogens with zero attached hydrogens (tertiary/aromatic N) is 3. The quantitative estimate of drug-likeness (QED) is 0.181. The summed E-state index contributed by atoms with van der Waals surface area (Å²) in [6.07, 6.45) is 5.08. The number of ketones is 1. The van der Waals surface area contributed by atoms with Gasteiger partial charge in [0.15, 0.2) is 12.2 Å². The molecule has 0 aliphatic carbocycles. The van der Waals surface area contributed by atoms with Gasteiger partial charge in [0, 0.05) is 41.1 Å². The Labute approximate surface area is 226 Å². The standard InChI is InChI=1S/C32H37N3O3/c1-21(2)38-30-14-12-25(17-27(30)19-33)29(36)18-26(22(3)34-20-37-7)16-23-8-10-24(11-9-23)28-13-15-31(35-28)32(4,5)6/h8-14,17,20-21,26H,3,15-16,18H2,1-2,4-7H3/t26-/m1/s1. The molecule has 0 saturated heterocycles. The molecular formula is C32H37N3O3. The first-order chi connectivity index (χ1) is 18.0. The van der Waals surface area contributed by atoms with E-state index in [9.17, 15) is 10.1 Å². The second kappa shape index (κ2) is 12.5. The fourth-order valence-corrected chi connectivity index (χ4v) is 4.21. The van der Waals surface area contributed by atoms with Crippen LogP contribution in [0.1, 0.15) is 74.5 Å². The zero-order valence-corrected chi connectivity index (χ0v) is 23.2. The molecule has 0 fully saturated rings. The van der Waals surface area contributed by atoms with Gasteiger partial charge in [-0.2, -0.15) is 5.26 Å². The highest BCUT2D eigenvalue weighted by Crippen LogP contribution is 2.31. The predicted octanol–water partition coefficient (Wildman–Crippen LogP) is 7.20. The van der Waals surface area contributed by atoms with Crippen LogP contribution in [0.4, 0.5) is 0 Å². The molecule has 1 heterocycles.